The largest absolute Gasteiger partial charge is 0.394 e. The number of rotatable bonds is 9. The summed E-state index contributed by atoms with van der Waals surface area (Å²) in [5, 5.41) is 39.0. The molecule has 0 bridgehead atoms. The average Bonchev–Trinajstić information content (AvgIpc) is 2.53. The van der Waals surface area contributed by atoms with Crippen LogP contribution in [0.15, 0.2) is 0 Å². The van der Waals surface area contributed by atoms with E-state index in [2.05, 4.69) is 6.92 Å². The Morgan fingerprint density at radius 2 is 1.61 bits per heavy atom. The minimum absolute atomic E-state index is 0.275. The van der Waals surface area contributed by atoms with Gasteiger partial charge in [-0.3, -0.25) is 4.79 Å². The van der Waals surface area contributed by atoms with Crippen LogP contribution in [0, 0.1) is 0 Å². The molecule has 4 N–H and O–H groups in total. The van der Waals surface area contributed by atoms with Gasteiger partial charge in [-0.25, -0.2) is 0 Å². The van der Waals surface area contributed by atoms with Crippen LogP contribution in [-0.2, 0) is 9.53 Å². The summed E-state index contributed by atoms with van der Waals surface area (Å²) in [6.45, 7) is 3.43. The van der Waals surface area contributed by atoms with Crippen LogP contribution in [0.1, 0.15) is 52.4 Å². The van der Waals surface area contributed by atoms with Gasteiger partial charge in [-0.1, -0.05) is 39.0 Å². The lowest BCUT2D eigenvalue weighted by Gasteiger charge is -2.44. The highest BCUT2D eigenvalue weighted by molar-refractivity contribution is 5.73. The summed E-state index contributed by atoms with van der Waals surface area (Å²) < 4.78 is 5.44. The molecule has 1 amide bonds. The van der Waals surface area contributed by atoms with Gasteiger partial charge >= 0.3 is 0 Å². The molecule has 1 saturated heterocycles. The highest BCUT2D eigenvalue weighted by Gasteiger charge is 2.46. The van der Waals surface area contributed by atoms with E-state index in [1.807, 2.05) is 0 Å². The third-order valence-corrected chi connectivity index (χ3v) is 4.33. The molecule has 0 aliphatic carbocycles. The van der Waals surface area contributed by atoms with Gasteiger partial charge in [-0.2, -0.15) is 0 Å². The smallest absolute Gasteiger partial charge is 0.221 e. The van der Waals surface area contributed by atoms with E-state index in [1.165, 1.54) is 24.7 Å². The molecule has 5 atom stereocenters. The van der Waals surface area contributed by atoms with Gasteiger partial charge in [-0.05, 0) is 6.42 Å². The molecule has 0 spiro atoms. The number of unbranched alkanes of at least 4 members (excludes halogenated alkanes) is 5. The summed E-state index contributed by atoms with van der Waals surface area (Å²) in [6, 6.07) is 0. The minimum Gasteiger partial charge on any atom is -0.394 e. The number of hydrogen-bond acceptors (Lipinski definition) is 6. The lowest BCUT2D eigenvalue weighted by molar-refractivity contribution is -0.262. The second-order valence-corrected chi connectivity index (χ2v) is 6.20. The van der Waals surface area contributed by atoms with E-state index < -0.39 is 37.3 Å². The number of hydrogen-bond donors (Lipinski definition) is 4. The first kappa shape index (κ1) is 20.3. The SMILES string of the molecule is CCCCCCCCN(C(C)=O)C1O[C@H](CO)[C@@H](O)[C@H](O)[C@H]1O. The lowest BCUT2D eigenvalue weighted by atomic mass is 9.97. The highest BCUT2D eigenvalue weighted by atomic mass is 16.6. The molecule has 23 heavy (non-hydrogen) atoms. The van der Waals surface area contributed by atoms with Crippen LogP contribution in [0.2, 0.25) is 0 Å². The van der Waals surface area contributed by atoms with Crippen molar-refractivity contribution in [2.75, 3.05) is 13.2 Å². The van der Waals surface area contributed by atoms with Gasteiger partial charge in [0.15, 0.2) is 6.23 Å². The van der Waals surface area contributed by atoms with Crippen LogP contribution in [0.4, 0.5) is 0 Å². The van der Waals surface area contributed by atoms with Gasteiger partial charge in [0.2, 0.25) is 5.91 Å². The quantitative estimate of drug-likeness (QED) is 0.442. The molecule has 1 rings (SSSR count). The van der Waals surface area contributed by atoms with Gasteiger partial charge < -0.3 is 30.1 Å². The topological polar surface area (TPSA) is 110 Å². The van der Waals surface area contributed by atoms with E-state index >= 15 is 0 Å². The van der Waals surface area contributed by atoms with Crippen LogP contribution in [-0.4, -0.2) is 75.0 Å². The van der Waals surface area contributed by atoms with Gasteiger partial charge in [0.05, 0.1) is 6.61 Å². The molecule has 1 fully saturated rings. The van der Waals surface area contributed by atoms with Crippen molar-refractivity contribution in [3.05, 3.63) is 0 Å². The summed E-state index contributed by atoms with van der Waals surface area (Å²) in [5.74, 6) is -0.275. The first-order valence-electron chi connectivity index (χ1n) is 8.51. The molecule has 0 aromatic rings. The Labute approximate surface area is 137 Å². The number of aliphatic hydroxyl groups excluding tert-OH is 4. The van der Waals surface area contributed by atoms with Gasteiger partial charge in [0.1, 0.15) is 24.4 Å². The standard InChI is InChI=1S/C16H31NO6/c1-3-4-5-6-7-8-9-17(11(2)19)16-15(22)14(21)13(20)12(10-18)23-16/h12-16,18,20-22H,3-10H2,1-2H3/t12-,13-,14+,15-,16?/m1/s1. The van der Waals surface area contributed by atoms with Crippen molar-refractivity contribution in [1.82, 2.24) is 4.90 Å². The Morgan fingerprint density at radius 3 is 2.17 bits per heavy atom. The number of amides is 1. The van der Waals surface area contributed by atoms with Crippen LogP contribution < -0.4 is 0 Å². The molecule has 1 heterocycles. The van der Waals surface area contributed by atoms with Gasteiger partial charge in [0, 0.05) is 13.5 Å². The zero-order valence-corrected chi connectivity index (χ0v) is 14.1. The molecule has 0 saturated carbocycles. The van der Waals surface area contributed by atoms with E-state index in [0.717, 1.165) is 25.7 Å². The normalized spacial score (nSPS) is 31.1. The lowest BCUT2D eigenvalue weighted by Crippen LogP contribution is -2.64. The molecule has 0 aromatic heterocycles. The van der Waals surface area contributed by atoms with Crippen LogP contribution in [0.5, 0.6) is 0 Å². The minimum atomic E-state index is -1.46. The van der Waals surface area contributed by atoms with Gasteiger partial charge in [0.25, 0.3) is 0 Å². The second-order valence-electron chi connectivity index (χ2n) is 6.20. The molecular formula is C16H31NO6. The summed E-state index contributed by atoms with van der Waals surface area (Å²) >= 11 is 0. The van der Waals surface area contributed by atoms with E-state index in [4.69, 9.17) is 4.74 Å². The fraction of sp³-hybridized carbons (Fsp3) is 0.938. The molecule has 7 nitrogen and oxygen atoms in total. The fourth-order valence-corrected chi connectivity index (χ4v) is 2.87. The van der Waals surface area contributed by atoms with Crippen molar-refractivity contribution in [3.63, 3.8) is 0 Å². The fourth-order valence-electron chi connectivity index (χ4n) is 2.87. The Kier molecular flexibility index (Phi) is 9.01. The zero-order chi connectivity index (χ0) is 17.4. The number of aliphatic hydroxyl groups is 4. The second kappa shape index (κ2) is 10.2. The van der Waals surface area contributed by atoms with Crippen LogP contribution in [0.25, 0.3) is 0 Å². The number of carbonyl (C=O) groups is 1. The zero-order valence-electron chi connectivity index (χ0n) is 14.1. The number of nitrogens with zero attached hydrogens (tertiary/aromatic N) is 1. The molecule has 0 radical (unpaired) electrons. The van der Waals surface area contributed by atoms with Crippen molar-refractivity contribution in [2.24, 2.45) is 0 Å². The molecule has 1 aliphatic heterocycles. The molecule has 136 valence electrons. The number of ether oxygens (including phenoxy) is 1. The molecule has 0 aromatic carbocycles. The molecule has 1 aliphatic rings. The predicted octanol–water partition coefficient (Wildman–Crippen LogP) is -0.00470. The van der Waals surface area contributed by atoms with Crippen molar-refractivity contribution in [3.8, 4) is 0 Å². The van der Waals surface area contributed by atoms with Crippen molar-refractivity contribution in [2.45, 2.75) is 83.0 Å². The van der Waals surface area contributed by atoms with E-state index in [1.54, 1.807) is 0 Å². The summed E-state index contributed by atoms with van der Waals surface area (Å²) in [7, 11) is 0. The van der Waals surface area contributed by atoms with Crippen LogP contribution >= 0.6 is 0 Å². The highest BCUT2D eigenvalue weighted by Crippen LogP contribution is 2.24. The summed E-state index contributed by atoms with van der Waals surface area (Å²) in [6.07, 6.45) is 0.0459. The van der Waals surface area contributed by atoms with Crippen molar-refractivity contribution < 1.29 is 30.0 Å². The Balaban J connectivity index is 2.59. The molecule has 1 unspecified atom stereocenters. The summed E-state index contributed by atoms with van der Waals surface area (Å²) in [4.78, 5) is 13.2. The maximum absolute atomic E-state index is 11.9. The third-order valence-electron chi connectivity index (χ3n) is 4.33. The van der Waals surface area contributed by atoms with Crippen molar-refractivity contribution in [1.29, 1.82) is 0 Å². The average molecular weight is 333 g/mol. The Hall–Kier alpha value is -0.730. The first-order valence-corrected chi connectivity index (χ1v) is 8.51. The Morgan fingerprint density at radius 1 is 1.00 bits per heavy atom. The third kappa shape index (κ3) is 5.69. The van der Waals surface area contributed by atoms with Crippen LogP contribution in [0.3, 0.4) is 0 Å². The predicted molar refractivity (Wildman–Crippen MR) is 84.5 cm³/mol. The van der Waals surface area contributed by atoms with Gasteiger partial charge in [-0.15, -0.1) is 0 Å². The van der Waals surface area contributed by atoms with E-state index in [9.17, 15) is 25.2 Å². The summed E-state index contributed by atoms with van der Waals surface area (Å²) in [5.41, 5.74) is 0. The number of carbonyl (C=O) groups excluding carboxylic acids is 1. The maximum Gasteiger partial charge on any atom is 0.221 e. The maximum atomic E-state index is 11.9. The molecule has 7 heteroatoms. The first-order chi connectivity index (χ1) is 10.9. The van der Waals surface area contributed by atoms with Crippen molar-refractivity contribution >= 4 is 5.91 Å². The Bertz CT molecular complexity index is 351. The monoisotopic (exact) mass is 333 g/mol. The van der Waals surface area contributed by atoms with E-state index in [0.29, 0.717) is 6.54 Å². The molecular weight excluding hydrogens is 302 g/mol. The van der Waals surface area contributed by atoms with E-state index in [-0.39, 0.29) is 5.91 Å².